The summed E-state index contributed by atoms with van der Waals surface area (Å²) in [5.41, 5.74) is 4.47. The quantitative estimate of drug-likeness (QED) is 0.205. The Morgan fingerprint density at radius 1 is 1.03 bits per heavy atom. The second kappa shape index (κ2) is 15.5. The third kappa shape index (κ3) is 10.3. The molecule has 1 aliphatic rings. The molecule has 0 unspecified atom stereocenters. The molecule has 1 aliphatic carbocycles. The molecular formula is C27H45N5O5. The van der Waals surface area contributed by atoms with Gasteiger partial charge in [-0.15, -0.1) is 0 Å². The van der Waals surface area contributed by atoms with Gasteiger partial charge in [-0.25, -0.2) is 10.5 Å². The molecule has 0 bridgehead atoms. The van der Waals surface area contributed by atoms with Crippen LogP contribution in [0.4, 0.5) is 0 Å². The van der Waals surface area contributed by atoms with Crippen molar-refractivity contribution in [3.63, 3.8) is 0 Å². The fourth-order valence-corrected chi connectivity index (χ4v) is 5.18. The van der Waals surface area contributed by atoms with Crippen molar-refractivity contribution in [2.24, 2.45) is 29.6 Å². The predicted octanol–water partition coefficient (Wildman–Crippen LogP) is 3.96. The van der Waals surface area contributed by atoms with Gasteiger partial charge < -0.3 is 0 Å². The minimum absolute atomic E-state index is 0.0307. The summed E-state index contributed by atoms with van der Waals surface area (Å²) in [4.78, 5) is 55.5. The van der Waals surface area contributed by atoms with Crippen LogP contribution >= 0.6 is 0 Å². The number of rotatable bonds is 13. The van der Waals surface area contributed by atoms with Crippen LogP contribution in [-0.4, -0.2) is 49.9 Å². The van der Waals surface area contributed by atoms with Crippen LogP contribution in [-0.2, 0) is 14.4 Å². The van der Waals surface area contributed by atoms with Crippen molar-refractivity contribution in [1.29, 1.82) is 0 Å². The minimum atomic E-state index is -0.731. The van der Waals surface area contributed by atoms with Gasteiger partial charge in [0.1, 0.15) is 12.7 Å². The van der Waals surface area contributed by atoms with Crippen LogP contribution in [0.15, 0.2) is 18.7 Å². The van der Waals surface area contributed by atoms with Gasteiger partial charge in [0, 0.05) is 18.9 Å². The SMILES string of the molecule is CC(C)C[C@@H](C(=O)NN(CC(C)C)C(=O)CC(=O)n1ccnc1)[C@H](CCCC1CCCCC1)C(=O)NO. The van der Waals surface area contributed by atoms with Crippen molar-refractivity contribution in [3.8, 4) is 0 Å². The molecule has 0 aromatic carbocycles. The minimum Gasteiger partial charge on any atom is -0.289 e. The first-order chi connectivity index (χ1) is 17.6. The number of aromatic nitrogens is 2. The highest BCUT2D eigenvalue weighted by molar-refractivity contribution is 5.98. The molecule has 0 spiro atoms. The average molecular weight is 520 g/mol. The van der Waals surface area contributed by atoms with Crippen LogP contribution in [0.5, 0.6) is 0 Å². The first kappa shape index (κ1) is 30.5. The number of amides is 3. The molecule has 3 N–H and O–H groups in total. The molecule has 1 heterocycles. The molecule has 10 nitrogen and oxygen atoms in total. The number of hydroxylamine groups is 1. The van der Waals surface area contributed by atoms with E-state index in [1.54, 1.807) is 5.48 Å². The molecule has 1 aromatic rings. The second-order valence-electron chi connectivity index (χ2n) is 11.2. The molecule has 37 heavy (non-hydrogen) atoms. The Hall–Kier alpha value is -2.75. The van der Waals surface area contributed by atoms with Crippen LogP contribution in [0.3, 0.4) is 0 Å². The van der Waals surface area contributed by atoms with E-state index in [2.05, 4.69) is 10.4 Å². The predicted molar refractivity (Wildman–Crippen MR) is 139 cm³/mol. The number of nitrogens with zero attached hydrogens (tertiary/aromatic N) is 3. The highest BCUT2D eigenvalue weighted by Gasteiger charge is 2.35. The number of carbonyl (C=O) groups is 4. The molecule has 0 radical (unpaired) electrons. The van der Waals surface area contributed by atoms with Gasteiger partial charge in [0.25, 0.3) is 0 Å². The first-order valence-electron chi connectivity index (χ1n) is 13.7. The van der Waals surface area contributed by atoms with E-state index >= 15 is 0 Å². The van der Waals surface area contributed by atoms with Crippen molar-refractivity contribution in [2.45, 2.75) is 91.9 Å². The Morgan fingerprint density at radius 2 is 1.73 bits per heavy atom. The lowest BCUT2D eigenvalue weighted by atomic mass is 9.79. The standard InChI is InChI=1S/C27H45N5O5/c1-19(2)15-23(22(27(36)30-37)12-8-11-21-9-6-5-7-10-21)26(35)29-32(17-20(3)4)25(34)16-24(33)31-14-13-28-18-31/h13-14,18-23,37H,5-12,15-17H2,1-4H3,(H,29,35)(H,30,36)/t22-,23+/m0/s1. The van der Waals surface area contributed by atoms with Crippen molar-refractivity contribution >= 4 is 23.6 Å². The molecule has 1 fully saturated rings. The largest absolute Gasteiger partial charge is 0.289 e. The summed E-state index contributed by atoms with van der Waals surface area (Å²) in [5.74, 6) is -2.69. The highest BCUT2D eigenvalue weighted by atomic mass is 16.5. The van der Waals surface area contributed by atoms with Gasteiger partial charge in [0.15, 0.2) is 0 Å². The summed E-state index contributed by atoms with van der Waals surface area (Å²) in [6.07, 6.45) is 12.7. The normalized spacial score (nSPS) is 15.9. The Bertz CT molecular complexity index is 865. The summed E-state index contributed by atoms with van der Waals surface area (Å²) >= 11 is 0. The lowest BCUT2D eigenvalue weighted by Gasteiger charge is -2.31. The molecule has 0 aliphatic heterocycles. The topological polar surface area (TPSA) is 134 Å². The van der Waals surface area contributed by atoms with Gasteiger partial charge in [-0.1, -0.05) is 72.6 Å². The summed E-state index contributed by atoms with van der Waals surface area (Å²) in [6, 6.07) is 0. The van der Waals surface area contributed by atoms with Gasteiger partial charge in [0.05, 0.1) is 11.8 Å². The number of imidazole rings is 1. The zero-order valence-electron chi connectivity index (χ0n) is 22.8. The van der Waals surface area contributed by atoms with Crippen molar-refractivity contribution in [1.82, 2.24) is 25.5 Å². The number of hydrogen-bond acceptors (Lipinski definition) is 6. The number of hydrogen-bond donors (Lipinski definition) is 3. The van der Waals surface area contributed by atoms with Gasteiger partial charge in [-0.3, -0.25) is 39.4 Å². The Morgan fingerprint density at radius 3 is 2.30 bits per heavy atom. The van der Waals surface area contributed by atoms with Crippen molar-refractivity contribution < 1.29 is 24.4 Å². The monoisotopic (exact) mass is 519 g/mol. The Labute approximate surface area is 220 Å². The third-order valence-electron chi connectivity index (χ3n) is 7.04. The molecule has 1 aromatic heterocycles. The molecule has 3 amide bonds. The number of nitrogens with one attached hydrogen (secondary N) is 2. The van der Waals surface area contributed by atoms with Crippen molar-refractivity contribution in [3.05, 3.63) is 18.7 Å². The maximum Gasteiger partial charge on any atom is 0.250 e. The van der Waals surface area contributed by atoms with E-state index in [0.717, 1.165) is 12.8 Å². The summed E-state index contributed by atoms with van der Waals surface area (Å²) in [6.45, 7) is 7.97. The summed E-state index contributed by atoms with van der Waals surface area (Å²) < 4.78 is 1.22. The molecule has 2 rings (SSSR count). The fourth-order valence-electron chi connectivity index (χ4n) is 5.18. The molecule has 208 valence electrons. The van der Waals surface area contributed by atoms with Crippen LogP contribution in [0, 0.1) is 29.6 Å². The first-order valence-corrected chi connectivity index (χ1v) is 13.7. The number of carbonyl (C=O) groups excluding carboxylic acids is 4. The summed E-state index contributed by atoms with van der Waals surface area (Å²) in [7, 11) is 0. The summed E-state index contributed by atoms with van der Waals surface area (Å²) in [5, 5.41) is 10.6. The van der Waals surface area contributed by atoms with Gasteiger partial charge >= 0.3 is 0 Å². The van der Waals surface area contributed by atoms with E-state index in [-0.39, 0.29) is 18.4 Å². The maximum atomic E-state index is 13.5. The van der Waals surface area contributed by atoms with E-state index in [0.29, 0.717) is 18.8 Å². The van der Waals surface area contributed by atoms with Crippen LogP contribution < -0.4 is 10.9 Å². The zero-order chi connectivity index (χ0) is 27.4. The third-order valence-corrected chi connectivity index (χ3v) is 7.04. The van der Waals surface area contributed by atoms with Crippen LogP contribution in [0.2, 0.25) is 0 Å². The molecule has 1 saturated carbocycles. The molecular weight excluding hydrogens is 474 g/mol. The Balaban J connectivity index is 2.14. The van der Waals surface area contributed by atoms with E-state index in [1.807, 2.05) is 27.7 Å². The molecule has 10 heteroatoms. The Kier molecular flexibility index (Phi) is 12.8. The molecule has 0 saturated heterocycles. The van der Waals surface area contributed by atoms with Crippen LogP contribution in [0.1, 0.15) is 96.7 Å². The van der Waals surface area contributed by atoms with E-state index < -0.39 is 41.9 Å². The zero-order valence-corrected chi connectivity index (χ0v) is 22.8. The maximum absolute atomic E-state index is 13.5. The second-order valence-corrected chi connectivity index (χ2v) is 11.2. The van der Waals surface area contributed by atoms with Gasteiger partial charge in [-0.2, -0.15) is 0 Å². The smallest absolute Gasteiger partial charge is 0.250 e. The lowest BCUT2D eigenvalue weighted by molar-refractivity contribution is -0.147. The van der Waals surface area contributed by atoms with Gasteiger partial charge in [-0.05, 0) is 30.6 Å². The van der Waals surface area contributed by atoms with Crippen molar-refractivity contribution in [2.75, 3.05) is 6.54 Å². The van der Waals surface area contributed by atoms with E-state index in [9.17, 15) is 24.4 Å². The van der Waals surface area contributed by atoms with Crippen LogP contribution in [0.25, 0.3) is 0 Å². The number of hydrazine groups is 1. The van der Waals surface area contributed by atoms with E-state index in [1.165, 1.54) is 60.4 Å². The average Bonchev–Trinajstić information content (AvgIpc) is 3.40. The van der Waals surface area contributed by atoms with Gasteiger partial charge in [0.2, 0.25) is 23.6 Å². The fraction of sp³-hybridized carbons (Fsp3) is 0.741. The lowest BCUT2D eigenvalue weighted by Crippen LogP contribution is -2.52. The van der Waals surface area contributed by atoms with E-state index in [4.69, 9.17) is 0 Å². The highest BCUT2D eigenvalue weighted by Crippen LogP contribution is 2.31. The molecule has 2 atom stereocenters.